The van der Waals surface area contributed by atoms with Gasteiger partial charge in [-0.2, -0.15) is 0 Å². The molecule has 1 unspecified atom stereocenters. The lowest BCUT2D eigenvalue weighted by Crippen LogP contribution is -2.35. The Morgan fingerprint density at radius 1 is 1.75 bits per heavy atom. The van der Waals surface area contributed by atoms with Gasteiger partial charge in [0.25, 0.3) is 0 Å². The van der Waals surface area contributed by atoms with Crippen LogP contribution in [0.3, 0.4) is 0 Å². The van der Waals surface area contributed by atoms with E-state index in [1.54, 1.807) is 0 Å². The number of rotatable bonds is 5. The van der Waals surface area contributed by atoms with E-state index in [1.807, 2.05) is 0 Å². The lowest BCUT2D eigenvalue weighted by atomic mass is 10.4. The van der Waals surface area contributed by atoms with Crippen molar-refractivity contribution in [3.05, 3.63) is 11.6 Å². The smallest absolute Gasteiger partial charge is 0.321 e. The Labute approximate surface area is 77.8 Å². The molecule has 0 saturated carbocycles. The minimum atomic E-state index is -1.25. The number of carboxylic acids is 1. The first-order valence-electron chi connectivity index (χ1n) is 3.16. The number of carbonyl (C=O) groups is 1. The van der Waals surface area contributed by atoms with E-state index < -0.39 is 22.8 Å². The molecule has 0 aliphatic carbocycles. The molecule has 12 heavy (non-hydrogen) atoms. The molecule has 0 radical (unpaired) electrons. The van der Waals surface area contributed by atoms with Crippen molar-refractivity contribution in [3.63, 3.8) is 0 Å². The minimum Gasteiger partial charge on any atom is -0.480 e. The van der Waals surface area contributed by atoms with Gasteiger partial charge in [0.1, 0.15) is 6.04 Å². The van der Waals surface area contributed by atoms with Crippen LogP contribution in [-0.2, 0) is 15.6 Å². The first-order valence-corrected chi connectivity index (χ1v) is 5.09. The highest BCUT2D eigenvalue weighted by Gasteiger charge is 2.13. The van der Waals surface area contributed by atoms with Crippen LogP contribution in [0.25, 0.3) is 0 Å². The summed E-state index contributed by atoms with van der Waals surface area (Å²) in [6.45, 7) is 0. The molecule has 0 amide bonds. The van der Waals surface area contributed by atoms with E-state index in [2.05, 4.69) is 0 Å². The summed E-state index contributed by atoms with van der Waals surface area (Å²) in [7, 11) is -1.25. The van der Waals surface area contributed by atoms with Crippen molar-refractivity contribution in [2.45, 2.75) is 6.04 Å². The van der Waals surface area contributed by atoms with Crippen molar-refractivity contribution in [2.75, 3.05) is 11.5 Å². The van der Waals surface area contributed by atoms with Crippen LogP contribution in [0.4, 0.5) is 0 Å². The maximum absolute atomic E-state index is 11.0. The maximum Gasteiger partial charge on any atom is 0.321 e. The first kappa shape index (κ1) is 11.6. The number of hydrogen-bond donors (Lipinski definition) is 2. The second-order valence-electron chi connectivity index (χ2n) is 2.08. The zero-order valence-corrected chi connectivity index (χ0v) is 7.85. The summed E-state index contributed by atoms with van der Waals surface area (Å²) in [5.74, 6) is -0.945. The van der Waals surface area contributed by atoms with Crippen molar-refractivity contribution in [2.24, 2.45) is 5.73 Å². The summed E-state index contributed by atoms with van der Waals surface area (Å²) >= 11 is 5.18. The molecule has 4 nitrogen and oxygen atoms in total. The van der Waals surface area contributed by atoms with Crippen molar-refractivity contribution in [3.8, 4) is 0 Å². The molecular weight excluding hydrogens is 202 g/mol. The molecule has 70 valence electrons. The summed E-state index contributed by atoms with van der Waals surface area (Å²) in [5, 5.41) is 8.35. The Morgan fingerprint density at radius 3 is 2.75 bits per heavy atom. The van der Waals surface area contributed by atoms with E-state index in [0.717, 1.165) is 0 Å². The Kier molecular flexibility index (Phi) is 5.96. The molecule has 0 saturated heterocycles. The molecule has 3 N–H and O–H groups in total. The molecular formula is C6H10ClNO3S. The van der Waals surface area contributed by atoms with E-state index in [9.17, 15) is 9.00 Å². The fourth-order valence-corrected chi connectivity index (χ4v) is 1.67. The van der Waals surface area contributed by atoms with Crippen molar-refractivity contribution in [1.82, 2.24) is 0 Å². The zero-order valence-electron chi connectivity index (χ0n) is 6.27. The van der Waals surface area contributed by atoms with Crippen LogP contribution in [0.1, 0.15) is 0 Å². The molecule has 0 aromatic rings. The highest BCUT2D eigenvalue weighted by Crippen LogP contribution is 1.90. The Bertz CT molecular complexity index is 207. The molecule has 6 heteroatoms. The van der Waals surface area contributed by atoms with E-state index in [1.165, 1.54) is 11.6 Å². The third-order valence-corrected chi connectivity index (χ3v) is 2.53. The summed E-state index contributed by atoms with van der Waals surface area (Å²) in [6, 6.07) is -1.06. The monoisotopic (exact) mass is 211 g/mol. The molecule has 0 rings (SSSR count). The Morgan fingerprint density at radius 2 is 2.33 bits per heavy atom. The molecule has 0 spiro atoms. The molecule has 2 atom stereocenters. The number of hydrogen-bond acceptors (Lipinski definition) is 3. The van der Waals surface area contributed by atoms with E-state index >= 15 is 0 Å². The van der Waals surface area contributed by atoms with Gasteiger partial charge in [-0.05, 0) is 0 Å². The molecule has 0 bridgehead atoms. The third kappa shape index (κ3) is 5.29. The number of carboxylic acid groups (broad SMARTS) is 1. The summed E-state index contributed by atoms with van der Waals surface area (Å²) in [4.78, 5) is 10.2. The van der Waals surface area contributed by atoms with E-state index in [-0.39, 0.29) is 11.5 Å². The van der Waals surface area contributed by atoms with Gasteiger partial charge in [0, 0.05) is 27.8 Å². The largest absolute Gasteiger partial charge is 0.480 e. The standard InChI is InChI=1S/C6H10ClNO3S/c7-2-1-3-12(11)4-5(8)6(9)10/h1-2,5H,3-4,8H2,(H,9,10)/b2-1+/t5-,12?/m1/s1. The van der Waals surface area contributed by atoms with Crippen molar-refractivity contribution < 1.29 is 14.1 Å². The van der Waals surface area contributed by atoms with Gasteiger partial charge in [-0.1, -0.05) is 17.7 Å². The molecule has 0 fully saturated rings. The Balaban J connectivity index is 3.76. The average Bonchev–Trinajstić information content (AvgIpc) is 2.00. The molecule has 0 heterocycles. The predicted octanol–water partition coefficient (Wildman–Crippen LogP) is -0.101. The van der Waals surface area contributed by atoms with Crippen molar-refractivity contribution in [1.29, 1.82) is 0 Å². The normalized spacial score (nSPS) is 16.2. The van der Waals surface area contributed by atoms with Crippen LogP contribution in [0.2, 0.25) is 0 Å². The van der Waals surface area contributed by atoms with Crippen LogP contribution < -0.4 is 5.73 Å². The van der Waals surface area contributed by atoms with Gasteiger partial charge in [-0.3, -0.25) is 9.00 Å². The number of nitrogens with two attached hydrogens (primary N) is 1. The number of aliphatic carboxylic acids is 1. The quantitative estimate of drug-likeness (QED) is 0.666. The summed E-state index contributed by atoms with van der Waals surface area (Å²) < 4.78 is 11.0. The maximum atomic E-state index is 11.0. The van der Waals surface area contributed by atoms with Gasteiger partial charge in [0.15, 0.2) is 0 Å². The fourth-order valence-electron chi connectivity index (χ4n) is 0.483. The van der Waals surface area contributed by atoms with Crippen LogP contribution in [0.15, 0.2) is 11.6 Å². The second kappa shape index (κ2) is 6.16. The second-order valence-corrected chi connectivity index (χ2v) is 3.88. The van der Waals surface area contributed by atoms with Gasteiger partial charge in [-0.15, -0.1) is 0 Å². The topological polar surface area (TPSA) is 80.4 Å². The van der Waals surface area contributed by atoms with Crippen LogP contribution in [-0.4, -0.2) is 32.8 Å². The van der Waals surface area contributed by atoms with Gasteiger partial charge < -0.3 is 10.8 Å². The molecule has 0 aromatic heterocycles. The first-order chi connectivity index (χ1) is 5.57. The van der Waals surface area contributed by atoms with E-state index in [4.69, 9.17) is 22.4 Å². The SMILES string of the molecule is N[C@H](CS(=O)C/C=C/Cl)C(=O)O. The number of halogens is 1. The average molecular weight is 212 g/mol. The van der Waals surface area contributed by atoms with Crippen LogP contribution >= 0.6 is 11.6 Å². The minimum absolute atomic E-state index is 0.0451. The lowest BCUT2D eigenvalue weighted by Gasteiger charge is -2.03. The lowest BCUT2D eigenvalue weighted by molar-refractivity contribution is -0.137. The van der Waals surface area contributed by atoms with Crippen LogP contribution in [0, 0.1) is 0 Å². The summed E-state index contributed by atoms with van der Waals surface area (Å²) in [5.41, 5.74) is 6.38. The van der Waals surface area contributed by atoms with Gasteiger partial charge >= 0.3 is 5.97 Å². The van der Waals surface area contributed by atoms with Crippen LogP contribution in [0.5, 0.6) is 0 Å². The molecule has 0 aromatic carbocycles. The highest BCUT2D eigenvalue weighted by molar-refractivity contribution is 7.85. The fraction of sp³-hybridized carbons (Fsp3) is 0.500. The zero-order chi connectivity index (χ0) is 9.56. The summed E-state index contributed by atoms with van der Waals surface area (Å²) in [6.07, 6.45) is 1.49. The highest BCUT2D eigenvalue weighted by atomic mass is 35.5. The predicted molar refractivity (Wildman–Crippen MR) is 48.5 cm³/mol. The van der Waals surface area contributed by atoms with Gasteiger partial charge in [0.2, 0.25) is 0 Å². The molecule has 0 aliphatic heterocycles. The van der Waals surface area contributed by atoms with Gasteiger partial charge in [-0.25, -0.2) is 0 Å². The van der Waals surface area contributed by atoms with Gasteiger partial charge in [0.05, 0.1) is 0 Å². The van der Waals surface area contributed by atoms with E-state index in [0.29, 0.717) is 0 Å². The Hall–Kier alpha value is -0.390. The third-order valence-electron chi connectivity index (χ3n) is 1.05. The molecule has 0 aliphatic rings. The van der Waals surface area contributed by atoms with Crippen molar-refractivity contribution >= 4 is 28.4 Å².